The van der Waals surface area contributed by atoms with E-state index in [4.69, 9.17) is 5.11 Å². The molecule has 0 aliphatic rings. The van der Waals surface area contributed by atoms with E-state index in [1.807, 2.05) is 0 Å². The smallest absolute Gasteiger partial charge is 0.339 e. The number of benzene rings is 1. The molecule has 0 unspecified atom stereocenters. The number of carbonyl (C=O) groups excluding carboxylic acids is 1. The van der Waals surface area contributed by atoms with Crippen LogP contribution in [-0.2, 0) is 4.79 Å². The van der Waals surface area contributed by atoms with E-state index in [-0.39, 0.29) is 23.8 Å². The van der Waals surface area contributed by atoms with Crippen LogP contribution in [0.15, 0.2) is 18.2 Å². The molecule has 4 N–H and O–H groups in total. The second kappa shape index (κ2) is 5.13. The minimum absolute atomic E-state index is 0.140. The Morgan fingerprint density at radius 3 is 2.56 bits per heavy atom. The number of hydrogen-bond donors (Lipinski definition) is 4. The van der Waals surface area contributed by atoms with Gasteiger partial charge >= 0.3 is 5.97 Å². The van der Waals surface area contributed by atoms with E-state index < -0.39 is 5.97 Å². The Labute approximate surface area is 91.9 Å². The monoisotopic (exact) mass is 224 g/mol. The molecular weight excluding hydrogens is 212 g/mol. The highest BCUT2D eigenvalue weighted by Crippen LogP contribution is 2.21. The molecule has 1 aromatic rings. The Morgan fingerprint density at radius 2 is 2.06 bits per heavy atom. The Balaban J connectivity index is 2.81. The Hall–Kier alpha value is -2.08. The summed E-state index contributed by atoms with van der Waals surface area (Å²) in [6, 6.07) is 3.83. The predicted molar refractivity (Wildman–Crippen MR) is 57.6 cm³/mol. The van der Waals surface area contributed by atoms with Crippen molar-refractivity contribution in [2.24, 2.45) is 0 Å². The van der Waals surface area contributed by atoms with E-state index in [0.717, 1.165) is 0 Å². The summed E-state index contributed by atoms with van der Waals surface area (Å²) >= 11 is 0. The summed E-state index contributed by atoms with van der Waals surface area (Å²) in [5, 5.41) is 23.2. The average Bonchev–Trinajstić information content (AvgIpc) is 2.17. The highest BCUT2D eigenvalue weighted by atomic mass is 16.4. The number of aromatic carboxylic acids is 1. The second-order valence-corrected chi connectivity index (χ2v) is 3.12. The zero-order chi connectivity index (χ0) is 12.1. The first-order valence-electron chi connectivity index (χ1n) is 4.55. The number of nitrogens with one attached hydrogen (secondary N) is 2. The van der Waals surface area contributed by atoms with Crippen LogP contribution in [0.2, 0.25) is 0 Å². The fraction of sp³-hybridized carbons (Fsp3) is 0.200. The third kappa shape index (κ3) is 2.96. The molecular formula is C10H12N2O4. The molecule has 0 spiro atoms. The normalized spacial score (nSPS) is 9.81. The van der Waals surface area contributed by atoms with Crippen LogP contribution in [0.1, 0.15) is 10.4 Å². The number of anilines is 1. The number of carboxylic acid groups (broad SMARTS) is 1. The van der Waals surface area contributed by atoms with Crippen molar-refractivity contribution >= 4 is 17.6 Å². The van der Waals surface area contributed by atoms with Crippen molar-refractivity contribution in [1.29, 1.82) is 0 Å². The topological polar surface area (TPSA) is 98.7 Å². The van der Waals surface area contributed by atoms with Crippen LogP contribution >= 0.6 is 0 Å². The average molecular weight is 224 g/mol. The first-order valence-corrected chi connectivity index (χ1v) is 4.55. The maximum absolute atomic E-state index is 11.2. The molecule has 0 saturated heterocycles. The molecule has 0 aromatic heterocycles. The minimum Gasteiger partial charge on any atom is -0.507 e. The summed E-state index contributed by atoms with van der Waals surface area (Å²) in [5.41, 5.74) is 0.148. The van der Waals surface area contributed by atoms with Crippen molar-refractivity contribution in [2.45, 2.75) is 0 Å². The first kappa shape index (κ1) is 12.0. The molecule has 0 radical (unpaired) electrons. The summed E-state index contributed by atoms with van der Waals surface area (Å²) < 4.78 is 0. The number of carboxylic acids is 1. The Morgan fingerprint density at radius 1 is 1.38 bits per heavy atom. The van der Waals surface area contributed by atoms with Gasteiger partial charge in [-0.3, -0.25) is 4.79 Å². The van der Waals surface area contributed by atoms with Crippen LogP contribution in [0.25, 0.3) is 0 Å². The quantitative estimate of drug-likeness (QED) is 0.587. The molecule has 1 aromatic carbocycles. The molecule has 0 saturated carbocycles. The van der Waals surface area contributed by atoms with Gasteiger partial charge in [-0.25, -0.2) is 4.79 Å². The lowest BCUT2D eigenvalue weighted by atomic mass is 10.2. The van der Waals surface area contributed by atoms with Gasteiger partial charge in [-0.15, -0.1) is 0 Å². The lowest BCUT2D eigenvalue weighted by molar-refractivity contribution is -0.115. The molecule has 0 bridgehead atoms. The van der Waals surface area contributed by atoms with Crippen LogP contribution < -0.4 is 10.6 Å². The number of amides is 1. The van der Waals surface area contributed by atoms with Gasteiger partial charge in [0, 0.05) is 11.8 Å². The highest BCUT2D eigenvalue weighted by Gasteiger charge is 2.10. The van der Waals surface area contributed by atoms with Gasteiger partial charge in [-0.05, 0) is 19.2 Å². The molecule has 0 aliphatic heterocycles. The summed E-state index contributed by atoms with van der Waals surface area (Å²) in [6.07, 6.45) is 0. The van der Waals surface area contributed by atoms with Gasteiger partial charge in [-0.1, -0.05) is 0 Å². The number of hydrogen-bond acceptors (Lipinski definition) is 4. The molecule has 6 nitrogen and oxygen atoms in total. The van der Waals surface area contributed by atoms with Gasteiger partial charge in [0.2, 0.25) is 5.91 Å². The van der Waals surface area contributed by atoms with E-state index in [1.165, 1.54) is 18.2 Å². The zero-order valence-electron chi connectivity index (χ0n) is 8.65. The van der Waals surface area contributed by atoms with Crippen molar-refractivity contribution in [3.8, 4) is 5.75 Å². The van der Waals surface area contributed by atoms with Gasteiger partial charge < -0.3 is 20.8 Å². The molecule has 0 atom stereocenters. The van der Waals surface area contributed by atoms with Crippen molar-refractivity contribution in [3.05, 3.63) is 23.8 Å². The number of rotatable bonds is 4. The fourth-order valence-corrected chi connectivity index (χ4v) is 1.16. The summed E-state index contributed by atoms with van der Waals surface area (Å²) in [5.74, 6) is -1.87. The maximum Gasteiger partial charge on any atom is 0.339 e. The molecule has 1 rings (SSSR count). The van der Waals surface area contributed by atoms with Gasteiger partial charge in [0.1, 0.15) is 11.3 Å². The molecule has 86 valence electrons. The Kier molecular flexibility index (Phi) is 3.84. The summed E-state index contributed by atoms with van der Waals surface area (Å²) in [7, 11) is 1.63. The van der Waals surface area contributed by atoms with Crippen LogP contribution in [0.3, 0.4) is 0 Å². The van der Waals surface area contributed by atoms with E-state index >= 15 is 0 Å². The maximum atomic E-state index is 11.2. The lowest BCUT2D eigenvalue weighted by Crippen LogP contribution is -2.25. The van der Waals surface area contributed by atoms with Crippen LogP contribution in [0.5, 0.6) is 5.75 Å². The standard InChI is InChI=1S/C10H12N2O4/c1-11-5-9(14)12-6-2-3-7(10(15)16)8(13)4-6/h2-4,11,13H,5H2,1H3,(H,12,14)(H,15,16). The van der Waals surface area contributed by atoms with Gasteiger partial charge in [0.05, 0.1) is 6.54 Å². The van der Waals surface area contributed by atoms with Crippen molar-refractivity contribution in [2.75, 3.05) is 18.9 Å². The van der Waals surface area contributed by atoms with E-state index in [2.05, 4.69) is 10.6 Å². The summed E-state index contributed by atoms with van der Waals surface area (Å²) in [4.78, 5) is 21.8. The molecule has 0 aliphatic carbocycles. The number of aromatic hydroxyl groups is 1. The van der Waals surface area contributed by atoms with Crippen LogP contribution in [0.4, 0.5) is 5.69 Å². The fourth-order valence-electron chi connectivity index (χ4n) is 1.16. The van der Waals surface area contributed by atoms with Gasteiger partial charge in [0.25, 0.3) is 0 Å². The van der Waals surface area contributed by atoms with Gasteiger partial charge in [0.15, 0.2) is 0 Å². The highest BCUT2D eigenvalue weighted by molar-refractivity contribution is 5.95. The largest absolute Gasteiger partial charge is 0.507 e. The Bertz CT molecular complexity index is 417. The van der Waals surface area contributed by atoms with Gasteiger partial charge in [-0.2, -0.15) is 0 Å². The zero-order valence-corrected chi connectivity index (χ0v) is 8.65. The van der Waals surface area contributed by atoms with Crippen molar-refractivity contribution < 1.29 is 19.8 Å². The molecule has 1 amide bonds. The minimum atomic E-state index is -1.22. The summed E-state index contributed by atoms with van der Waals surface area (Å²) in [6.45, 7) is 0.140. The predicted octanol–water partition coefficient (Wildman–Crippen LogP) is 0.248. The molecule has 0 fully saturated rings. The number of likely N-dealkylation sites (N-methyl/N-ethyl adjacent to an activating group) is 1. The SMILES string of the molecule is CNCC(=O)Nc1ccc(C(=O)O)c(O)c1. The first-order chi connectivity index (χ1) is 7.54. The molecule has 16 heavy (non-hydrogen) atoms. The molecule has 0 heterocycles. The number of carbonyl (C=O) groups is 2. The van der Waals surface area contributed by atoms with E-state index in [0.29, 0.717) is 5.69 Å². The van der Waals surface area contributed by atoms with Crippen LogP contribution in [-0.4, -0.2) is 35.7 Å². The second-order valence-electron chi connectivity index (χ2n) is 3.12. The number of phenols is 1. The van der Waals surface area contributed by atoms with Crippen molar-refractivity contribution in [1.82, 2.24) is 5.32 Å². The lowest BCUT2D eigenvalue weighted by Gasteiger charge is -2.06. The van der Waals surface area contributed by atoms with E-state index in [1.54, 1.807) is 7.05 Å². The molecule has 6 heteroatoms. The third-order valence-corrected chi connectivity index (χ3v) is 1.85. The van der Waals surface area contributed by atoms with Crippen LogP contribution in [0, 0.1) is 0 Å². The van der Waals surface area contributed by atoms with E-state index in [9.17, 15) is 14.7 Å². The van der Waals surface area contributed by atoms with Crippen molar-refractivity contribution in [3.63, 3.8) is 0 Å². The third-order valence-electron chi connectivity index (χ3n) is 1.85.